The first-order valence-corrected chi connectivity index (χ1v) is 7.82. The van der Waals surface area contributed by atoms with Crippen LogP contribution in [-0.4, -0.2) is 29.0 Å². The fraction of sp³-hybridized carbons (Fsp3) is 0.294. The lowest BCUT2D eigenvalue weighted by Gasteiger charge is -2.06. The number of amides is 1. The molecule has 1 aliphatic rings. The molecule has 0 spiro atoms. The summed E-state index contributed by atoms with van der Waals surface area (Å²) in [7, 11) is 0. The summed E-state index contributed by atoms with van der Waals surface area (Å²) < 4.78 is 5.34. The number of H-pyrrole nitrogens is 1. The molecule has 4 rings (SSSR count). The van der Waals surface area contributed by atoms with Crippen LogP contribution in [0.3, 0.4) is 0 Å². The number of aromatic nitrogens is 2. The van der Waals surface area contributed by atoms with Crippen LogP contribution in [0.5, 0.6) is 0 Å². The zero-order chi connectivity index (χ0) is 15.6. The van der Waals surface area contributed by atoms with E-state index >= 15 is 0 Å². The molecule has 2 heterocycles. The van der Waals surface area contributed by atoms with E-state index < -0.39 is 0 Å². The average Bonchev–Trinajstić information content (AvgIpc) is 3.04. The molecule has 6 nitrogen and oxygen atoms in total. The quantitative estimate of drug-likeness (QED) is 0.654. The normalized spacial score (nSPS) is 14.3. The fourth-order valence-corrected chi connectivity index (χ4v) is 2.53. The molecule has 2 aromatic heterocycles. The Morgan fingerprint density at radius 1 is 1.35 bits per heavy atom. The minimum absolute atomic E-state index is 0.0317. The number of hydrogen-bond acceptors (Lipinski definition) is 4. The van der Waals surface area contributed by atoms with Crippen molar-refractivity contribution in [3.8, 4) is 11.6 Å². The molecular weight excluding hydrogens is 292 g/mol. The maximum atomic E-state index is 11.9. The van der Waals surface area contributed by atoms with Gasteiger partial charge in [0.1, 0.15) is 0 Å². The van der Waals surface area contributed by atoms with E-state index in [1.165, 1.54) is 12.8 Å². The number of anilines is 1. The van der Waals surface area contributed by atoms with Crippen LogP contribution in [0.4, 0.5) is 5.69 Å². The SMILES string of the molecule is O=C(CNCC1CC1)Nc1ccc2nc(-c3ccco3)[nH]c2c1. The molecule has 1 aliphatic carbocycles. The Bertz CT molecular complexity index is 818. The number of carbonyl (C=O) groups excluding carboxylic acids is 1. The van der Waals surface area contributed by atoms with Gasteiger partial charge >= 0.3 is 0 Å². The second kappa shape index (κ2) is 5.89. The number of nitrogens with one attached hydrogen (secondary N) is 3. The third-order valence-electron chi connectivity index (χ3n) is 3.94. The summed E-state index contributed by atoms with van der Waals surface area (Å²) in [5.41, 5.74) is 2.45. The molecule has 0 unspecified atom stereocenters. The lowest BCUT2D eigenvalue weighted by Crippen LogP contribution is -2.29. The van der Waals surface area contributed by atoms with Crippen molar-refractivity contribution in [1.29, 1.82) is 0 Å². The molecule has 1 saturated carbocycles. The van der Waals surface area contributed by atoms with E-state index in [4.69, 9.17) is 4.42 Å². The van der Waals surface area contributed by atoms with Crippen LogP contribution in [-0.2, 0) is 4.79 Å². The van der Waals surface area contributed by atoms with Gasteiger partial charge in [0.2, 0.25) is 5.91 Å². The van der Waals surface area contributed by atoms with E-state index in [-0.39, 0.29) is 5.91 Å². The summed E-state index contributed by atoms with van der Waals surface area (Å²) in [5, 5.41) is 6.08. The van der Waals surface area contributed by atoms with Crippen LogP contribution in [0.25, 0.3) is 22.6 Å². The Morgan fingerprint density at radius 2 is 2.26 bits per heavy atom. The van der Waals surface area contributed by atoms with Crippen molar-refractivity contribution in [2.24, 2.45) is 5.92 Å². The monoisotopic (exact) mass is 310 g/mol. The fourth-order valence-electron chi connectivity index (χ4n) is 2.53. The molecule has 1 fully saturated rings. The molecule has 0 saturated heterocycles. The van der Waals surface area contributed by atoms with Crippen LogP contribution in [0.15, 0.2) is 41.0 Å². The number of rotatable bonds is 6. The number of benzene rings is 1. The first-order chi connectivity index (χ1) is 11.3. The van der Waals surface area contributed by atoms with Crippen molar-refractivity contribution >= 4 is 22.6 Å². The van der Waals surface area contributed by atoms with Crippen molar-refractivity contribution in [2.45, 2.75) is 12.8 Å². The van der Waals surface area contributed by atoms with E-state index in [1.54, 1.807) is 6.26 Å². The van der Waals surface area contributed by atoms with Gasteiger partial charge in [0, 0.05) is 5.69 Å². The summed E-state index contributed by atoms with van der Waals surface area (Å²) in [5.74, 6) is 2.11. The molecule has 0 atom stereocenters. The zero-order valence-corrected chi connectivity index (χ0v) is 12.6. The highest BCUT2D eigenvalue weighted by Gasteiger charge is 2.20. The molecule has 118 valence electrons. The highest BCUT2D eigenvalue weighted by atomic mass is 16.3. The van der Waals surface area contributed by atoms with Gasteiger partial charge < -0.3 is 20.0 Å². The van der Waals surface area contributed by atoms with E-state index in [2.05, 4.69) is 20.6 Å². The Balaban J connectivity index is 1.44. The maximum Gasteiger partial charge on any atom is 0.238 e. The predicted molar refractivity (Wildman–Crippen MR) is 88.0 cm³/mol. The number of fused-ring (bicyclic) bond motifs is 1. The second-order valence-corrected chi connectivity index (χ2v) is 5.92. The van der Waals surface area contributed by atoms with Gasteiger partial charge in [-0.3, -0.25) is 4.79 Å². The molecule has 6 heteroatoms. The Hall–Kier alpha value is -2.60. The topological polar surface area (TPSA) is 82.9 Å². The van der Waals surface area contributed by atoms with Gasteiger partial charge in [0.15, 0.2) is 11.6 Å². The summed E-state index contributed by atoms with van der Waals surface area (Å²) in [6.07, 6.45) is 4.18. The molecule has 3 aromatic rings. The van der Waals surface area contributed by atoms with Crippen LogP contribution >= 0.6 is 0 Å². The summed E-state index contributed by atoms with van der Waals surface area (Å²) in [4.78, 5) is 19.6. The number of hydrogen-bond donors (Lipinski definition) is 3. The molecule has 1 amide bonds. The lowest BCUT2D eigenvalue weighted by molar-refractivity contribution is -0.115. The summed E-state index contributed by atoms with van der Waals surface area (Å²) in [6.45, 7) is 1.27. The minimum atomic E-state index is -0.0317. The minimum Gasteiger partial charge on any atom is -0.461 e. The van der Waals surface area contributed by atoms with Gasteiger partial charge in [-0.25, -0.2) is 4.98 Å². The van der Waals surface area contributed by atoms with Crippen LogP contribution < -0.4 is 10.6 Å². The maximum absolute atomic E-state index is 11.9. The van der Waals surface area contributed by atoms with Gasteiger partial charge in [-0.05, 0) is 55.6 Å². The van der Waals surface area contributed by atoms with E-state index in [0.717, 1.165) is 29.2 Å². The zero-order valence-electron chi connectivity index (χ0n) is 12.6. The number of carbonyl (C=O) groups is 1. The Kier molecular flexibility index (Phi) is 3.59. The van der Waals surface area contributed by atoms with Gasteiger partial charge in [-0.1, -0.05) is 0 Å². The highest BCUT2D eigenvalue weighted by molar-refractivity contribution is 5.94. The van der Waals surface area contributed by atoms with Gasteiger partial charge in [0.05, 0.1) is 23.8 Å². The molecule has 0 bridgehead atoms. The number of nitrogens with zero attached hydrogens (tertiary/aromatic N) is 1. The van der Waals surface area contributed by atoms with Gasteiger partial charge in [0.25, 0.3) is 0 Å². The number of aromatic amines is 1. The average molecular weight is 310 g/mol. The number of furan rings is 1. The van der Waals surface area contributed by atoms with Crippen LogP contribution in [0.2, 0.25) is 0 Å². The standard InChI is InChI=1S/C17H18N4O2/c22-16(10-18-9-11-3-4-11)19-12-5-6-13-14(8-12)21-17(20-13)15-2-1-7-23-15/h1-2,5-8,11,18H,3-4,9-10H2,(H,19,22)(H,20,21). The van der Waals surface area contributed by atoms with Gasteiger partial charge in [-0.2, -0.15) is 0 Å². The molecule has 3 N–H and O–H groups in total. The van der Waals surface area contributed by atoms with Crippen molar-refractivity contribution in [3.05, 3.63) is 36.6 Å². The van der Waals surface area contributed by atoms with E-state index in [9.17, 15) is 4.79 Å². The van der Waals surface area contributed by atoms with Crippen molar-refractivity contribution in [1.82, 2.24) is 15.3 Å². The van der Waals surface area contributed by atoms with Crippen molar-refractivity contribution in [2.75, 3.05) is 18.4 Å². The number of imidazole rings is 1. The van der Waals surface area contributed by atoms with Crippen LogP contribution in [0.1, 0.15) is 12.8 Å². The molecule has 1 aromatic carbocycles. The van der Waals surface area contributed by atoms with Crippen molar-refractivity contribution < 1.29 is 9.21 Å². The third-order valence-corrected chi connectivity index (χ3v) is 3.94. The lowest BCUT2D eigenvalue weighted by atomic mass is 10.2. The first-order valence-electron chi connectivity index (χ1n) is 7.82. The molecule has 0 aliphatic heterocycles. The smallest absolute Gasteiger partial charge is 0.238 e. The molecule has 23 heavy (non-hydrogen) atoms. The third kappa shape index (κ3) is 3.27. The largest absolute Gasteiger partial charge is 0.461 e. The molecule has 0 radical (unpaired) electrons. The second-order valence-electron chi connectivity index (χ2n) is 5.92. The highest BCUT2D eigenvalue weighted by Crippen LogP contribution is 2.27. The van der Waals surface area contributed by atoms with Crippen LogP contribution in [0, 0.1) is 5.92 Å². The van der Waals surface area contributed by atoms with E-state index in [1.807, 2.05) is 30.3 Å². The van der Waals surface area contributed by atoms with Crippen molar-refractivity contribution in [3.63, 3.8) is 0 Å². The van der Waals surface area contributed by atoms with Gasteiger partial charge in [-0.15, -0.1) is 0 Å². The van der Waals surface area contributed by atoms with E-state index in [0.29, 0.717) is 18.1 Å². The summed E-state index contributed by atoms with van der Waals surface area (Å²) >= 11 is 0. The Labute approximate surface area is 133 Å². The Morgan fingerprint density at radius 3 is 3.04 bits per heavy atom. The predicted octanol–water partition coefficient (Wildman–Crippen LogP) is 2.76. The first kappa shape index (κ1) is 14.0. The molecular formula is C17H18N4O2. The summed E-state index contributed by atoms with van der Waals surface area (Å²) in [6, 6.07) is 9.29.